The van der Waals surface area contributed by atoms with E-state index >= 15 is 0 Å². The fourth-order valence-electron chi connectivity index (χ4n) is 1.99. The molecule has 0 aromatic heterocycles. The van der Waals surface area contributed by atoms with Crippen molar-refractivity contribution in [3.05, 3.63) is 76.8 Å². The van der Waals surface area contributed by atoms with Crippen LogP contribution in [0.5, 0.6) is 0 Å². The molecule has 0 spiro atoms. The van der Waals surface area contributed by atoms with Crippen LogP contribution in [0.15, 0.2) is 65.7 Å². The Bertz CT molecular complexity index is 742. The lowest BCUT2D eigenvalue weighted by Gasteiger charge is -1.92. The van der Waals surface area contributed by atoms with E-state index in [-0.39, 0.29) is 5.91 Å². The van der Waals surface area contributed by atoms with Crippen LogP contribution in [0, 0.1) is 0 Å². The molecular formula is C16H11NO. The quantitative estimate of drug-likeness (QED) is 0.776. The van der Waals surface area contributed by atoms with Gasteiger partial charge in [0.2, 0.25) is 0 Å². The predicted molar refractivity (Wildman–Crippen MR) is 71.1 cm³/mol. The van der Waals surface area contributed by atoms with E-state index in [1.807, 2.05) is 66.7 Å². The highest BCUT2D eigenvalue weighted by molar-refractivity contribution is 6.19. The Morgan fingerprint density at radius 1 is 0.833 bits per heavy atom. The summed E-state index contributed by atoms with van der Waals surface area (Å²) < 4.78 is 0. The molecule has 1 heterocycles. The van der Waals surface area contributed by atoms with Crippen molar-refractivity contribution in [1.82, 2.24) is 0 Å². The molecule has 0 saturated heterocycles. The first-order chi connectivity index (χ1) is 8.84. The molecule has 0 atom stereocenters. The number of rotatable bonds is 2. The second-order valence-corrected chi connectivity index (χ2v) is 4.09. The number of benzene rings is 2. The Kier molecular flexibility index (Phi) is 2.61. The number of para-hydroxylation sites is 1. The average molecular weight is 233 g/mol. The smallest absolute Gasteiger partial charge is 0.267 e. The number of amides is 1. The maximum absolute atomic E-state index is 11.8. The lowest BCUT2D eigenvalue weighted by Crippen LogP contribution is -2.21. The van der Waals surface area contributed by atoms with E-state index in [2.05, 4.69) is 4.99 Å². The fourth-order valence-corrected chi connectivity index (χ4v) is 1.99. The van der Waals surface area contributed by atoms with E-state index in [9.17, 15) is 4.79 Å². The topological polar surface area (TPSA) is 29.4 Å². The second-order valence-electron chi connectivity index (χ2n) is 4.09. The lowest BCUT2D eigenvalue weighted by atomic mass is 10.1. The zero-order valence-electron chi connectivity index (χ0n) is 9.71. The van der Waals surface area contributed by atoms with Gasteiger partial charge in [-0.25, -0.2) is 4.99 Å². The maximum atomic E-state index is 11.8. The van der Waals surface area contributed by atoms with Crippen molar-refractivity contribution in [2.75, 3.05) is 0 Å². The molecule has 0 unspecified atom stereocenters. The molecule has 0 radical (unpaired) electrons. The van der Waals surface area contributed by atoms with Crippen LogP contribution in [0.2, 0.25) is 0 Å². The zero-order chi connectivity index (χ0) is 12.4. The average Bonchev–Trinajstić information content (AvgIpc) is 2.73. The molecule has 2 aromatic rings. The number of hydrogen-bond acceptors (Lipinski definition) is 1. The van der Waals surface area contributed by atoms with Crippen molar-refractivity contribution in [2.45, 2.75) is 0 Å². The molecule has 0 aliphatic carbocycles. The van der Waals surface area contributed by atoms with Gasteiger partial charge in [0.05, 0.1) is 10.9 Å². The normalized spacial score (nSPS) is 13.8. The molecule has 86 valence electrons. The third-order valence-electron chi connectivity index (χ3n) is 2.89. The van der Waals surface area contributed by atoms with Crippen molar-refractivity contribution < 1.29 is 4.79 Å². The molecular weight excluding hydrogens is 222 g/mol. The van der Waals surface area contributed by atoms with Gasteiger partial charge >= 0.3 is 0 Å². The molecule has 2 nitrogen and oxygen atoms in total. The Morgan fingerprint density at radius 2 is 1.56 bits per heavy atom. The minimum absolute atomic E-state index is 0.164. The molecule has 0 N–H and O–H groups in total. The van der Waals surface area contributed by atoms with Crippen molar-refractivity contribution in [3.8, 4) is 0 Å². The third kappa shape index (κ3) is 1.89. The van der Waals surface area contributed by atoms with Gasteiger partial charge in [-0.1, -0.05) is 54.6 Å². The molecule has 3 rings (SSSR count). The molecule has 18 heavy (non-hydrogen) atoms. The highest BCUT2D eigenvalue weighted by Gasteiger charge is 2.12. The lowest BCUT2D eigenvalue weighted by molar-refractivity contribution is -0.112. The van der Waals surface area contributed by atoms with Crippen molar-refractivity contribution in [3.63, 3.8) is 0 Å². The summed E-state index contributed by atoms with van der Waals surface area (Å²) in [4.78, 5) is 15.8. The van der Waals surface area contributed by atoms with Crippen LogP contribution in [0.3, 0.4) is 0 Å². The summed E-state index contributed by atoms with van der Waals surface area (Å²) in [5, 5.41) is 1.67. The first-order valence-corrected chi connectivity index (χ1v) is 5.80. The Hall–Kier alpha value is -2.48. The Morgan fingerprint density at radius 3 is 2.39 bits per heavy atom. The fraction of sp³-hybridized carbons (Fsp3) is 0. The first kappa shape index (κ1) is 10.7. The van der Waals surface area contributed by atoms with Crippen LogP contribution in [0.1, 0.15) is 5.56 Å². The molecule has 0 fully saturated rings. The summed E-state index contributed by atoms with van der Waals surface area (Å²) in [7, 11) is 0. The van der Waals surface area contributed by atoms with Gasteiger partial charge in [0.25, 0.3) is 5.91 Å². The van der Waals surface area contributed by atoms with Gasteiger partial charge in [0.15, 0.2) is 0 Å². The molecule has 2 heteroatoms. The van der Waals surface area contributed by atoms with Gasteiger partial charge < -0.3 is 0 Å². The molecule has 1 aliphatic rings. The first-order valence-electron chi connectivity index (χ1n) is 5.80. The highest BCUT2D eigenvalue weighted by Crippen LogP contribution is 2.07. The predicted octanol–water partition coefficient (Wildman–Crippen LogP) is 1.71. The van der Waals surface area contributed by atoms with Gasteiger partial charge in [0.1, 0.15) is 0 Å². The maximum Gasteiger partial charge on any atom is 0.278 e. The van der Waals surface area contributed by atoms with Crippen LogP contribution in [-0.2, 0) is 4.79 Å². The van der Waals surface area contributed by atoms with E-state index in [1.54, 1.807) is 0 Å². The minimum Gasteiger partial charge on any atom is -0.267 e. The monoisotopic (exact) mass is 233 g/mol. The van der Waals surface area contributed by atoms with Gasteiger partial charge in [-0.15, -0.1) is 0 Å². The minimum atomic E-state index is -0.164. The highest BCUT2D eigenvalue weighted by atomic mass is 16.1. The van der Waals surface area contributed by atoms with Gasteiger partial charge in [0, 0.05) is 5.22 Å². The summed E-state index contributed by atoms with van der Waals surface area (Å²) >= 11 is 0. The number of carbonyl (C=O) groups excluding carboxylic acids is 1. The molecule has 1 amide bonds. The summed E-state index contributed by atoms with van der Waals surface area (Å²) in [6.45, 7) is 0. The number of fused-ring (bicyclic) bond motifs is 1. The molecule has 2 aromatic carbocycles. The van der Waals surface area contributed by atoms with E-state index in [4.69, 9.17) is 0 Å². The number of carbonyl (C=O) groups is 1. The van der Waals surface area contributed by atoms with Crippen LogP contribution in [0.4, 0.5) is 0 Å². The number of nitrogens with zero attached hydrogens (tertiary/aromatic N) is 1. The van der Waals surface area contributed by atoms with Crippen LogP contribution in [-0.4, -0.2) is 5.91 Å². The summed E-state index contributed by atoms with van der Waals surface area (Å²) in [5.41, 5.74) is 1.73. The van der Waals surface area contributed by atoms with E-state index < -0.39 is 0 Å². The molecule has 1 aliphatic heterocycles. The van der Waals surface area contributed by atoms with Gasteiger partial charge in [-0.2, -0.15) is 0 Å². The summed E-state index contributed by atoms with van der Waals surface area (Å²) in [6, 6.07) is 17.5. The Labute approximate surface area is 105 Å². The molecule has 0 saturated carbocycles. The Balaban J connectivity index is 2.07. The largest absolute Gasteiger partial charge is 0.278 e. The van der Waals surface area contributed by atoms with E-state index in [0.29, 0.717) is 5.57 Å². The summed E-state index contributed by atoms with van der Waals surface area (Å²) in [5.74, 6) is -0.164. The summed E-state index contributed by atoms with van der Waals surface area (Å²) in [6.07, 6.45) is 3.78. The SMILES string of the molecule is O=C1N=c2ccccc2=C1C=Cc1ccccc1. The standard InChI is InChI=1S/C16H11NO/c18-16-14(11-10-12-6-2-1-3-7-12)13-8-4-5-9-15(13)17-16/h1-11H. The van der Waals surface area contributed by atoms with Crippen LogP contribution in [0.25, 0.3) is 11.6 Å². The van der Waals surface area contributed by atoms with Gasteiger partial charge in [-0.3, -0.25) is 4.79 Å². The number of hydrogen-bond donors (Lipinski definition) is 0. The van der Waals surface area contributed by atoms with Crippen LogP contribution >= 0.6 is 0 Å². The zero-order valence-corrected chi connectivity index (χ0v) is 9.71. The third-order valence-corrected chi connectivity index (χ3v) is 2.89. The van der Waals surface area contributed by atoms with E-state index in [1.165, 1.54) is 0 Å². The molecule has 0 bridgehead atoms. The van der Waals surface area contributed by atoms with Crippen molar-refractivity contribution >= 4 is 17.6 Å². The van der Waals surface area contributed by atoms with E-state index in [0.717, 1.165) is 16.1 Å². The van der Waals surface area contributed by atoms with Crippen molar-refractivity contribution in [1.29, 1.82) is 0 Å². The van der Waals surface area contributed by atoms with Gasteiger partial charge in [-0.05, 0) is 17.7 Å². The van der Waals surface area contributed by atoms with Crippen LogP contribution < -0.4 is 10.6 Å². The van der Waals surface area contributed by atoms with Crippen molar-refractivity contribution in [2.24, 2.45) is 4.99 Å². The second kappa shape index (κ2) is 4.41.